The van der Waals surface area contributed by atoms with E-state index >= 15 is 0 Å². The second-order valence-corrected chi connectivity index (χ2v) is 13.2. The normalized spacial score (nSPS) is 33.7. The molecule has 2 aromatic rings. The van der Waals surface area contributed by atoms with Crippen molar-refractivity contribution in [1.29, 1.82) is 0 Å². The maximum atomic E-state index is 13.9. The molecule has 13 heteroatoms. The van der Waals surface area contributed by atoms with Crippen LogP contribution in [0.25, 0.3) is 10.8 Å². The molecule has 7 N–H and O–H groups in total. The fraction of sp³-hybridized carbons (Fsp3) is 0.472. The number of carbonyl (C=O) groups is 3. The predicted molar refractivity (Wildman–Crippen MR) is 180 cm³/mol. The van der Waals surface area contributed by atoms with Crippen LogP contribution in [0.15, 0.2) is 36.1 Å². The topological polar surface area (TPSA) is 212 Å². The maximum Gasteiger partial charge on any atom is 0.312 e. The number of aliphatic hydroxyl groups is 3. The van der Waals surface area contributed by atoms with Crippen LogP contribution in [-0.4, -0.2) is 85.9 Å². The van der Waals surface area contributed by atoms with Crippen LogP contribution in [0.1, 0.15) is 67.8 Å². The van der Waals surface area contributed by atoms with Crippen molar-refractivity contribution in [1.82, 2.24) is 0 Å². The van der Waals surface area contributed by atoms with Gasteiger partial charge in [-0.25, -0.2) is 0 Å². The van der Waals surface area contributed by atoms with E-state index in [1.54, 1.807) is 33.8 Å². The number of carbonyl (C=O) groups excluding carboxylic acids is 3. The van der Waals surface area contributed by atoms with Crippen LogP contribution < -0.4 is 10.1 Å². The standard InChI is InChI=1S/C36H45NO12/c1-15-10-9-11-16(2)35(46)37-26-21(14-38)31(43)23-24(32(26)44)30(42)20(6)33-25(23)34(45)36(7,49-33)48-13-12-22(47-8)17(3)28(40)19(5)29(41)18(4)27(15)39/h9-15,17-19,22,27-29,39-44H,1-8H3,(H,37,46)/b10-9-,13-12-,16-11+. The molecular weight excluding hydrogens is 638 g/mol. The van der Waals surface area contributed by atoms with E-state index in [1.165, 1.54) is 46.1 Å². The van der Waals surface area contributed by atoms with E-state index in [2.05, 4.69) is 5.32 Å². The van der Waals surface area contributed by atoms with Gasteiger partial charge in [0.1, 0.15) is 17.2 Å². The molecule has 1 amide bonds. The highest BCUT2D eigenvalue weighted by Crippen LogP contribution is 2.55. The summed E-state index contributed by atoms with van der Waals surface area (Å²) in [5.41, 5.74) is -1.21. The summed E-state index contributed by atoms with van der Waals surface area (Å²) >= 11 is 0. The molecule has 9 atom stereocenters. The molecule has 0 aliphatic carbocycles. The van der Waals surface area contributed by atoms with Gasteiger partial charge in [0, 0.05) is 54.2 Å². The van der Waals surface area contributed by atoms with Gasteiger partial charge in [0.25, 0.3) is 11.7 Å². The highest BCUT2D eigenvalue weighted by molar-refractivity contribution is 6.23. The lowest BCUT2D eigenvalue weighted by Crippen LogP contribution is -2.44. The molecule has 5 bridgehead atoms. The first kappa shape index (κ1) is 37.4. The summed E-state index contributed by atoms with van der Waals surface area (Å²) in [6.07, 6.45) is 3.34. The van der Waals surface area contributed by atoms with E-state index in [0.29, 0.717) is 0 Å². The van der Waals surface area contributed by atoms with Crippen LogP contribution >= 0.6 is 0 Å². The molecule has 0 radical (unpaired) electrons. The number of allylic oxidation sites excluding steroid dienone is 2. The Labute approximate surface area is 284 Å². The average Bonchev–Trinajstić information content (AvgIpc) is 3.34. The Balaban J connectivity index is 1.91. The van der Waals surface area contributed by atoms with E-state index in [4.69, 9.17) is 14.2 Å². The zero-order chi connectivity index (χ0) is 36.7. The SMILES string of the molecule is COC1/C=C\OC2(C)Oc3c(C)c(O)c4c(O)c(c(C=O)c(O)c4c3C2=O)NC(=O)/C(C)=C/C=C\C(C)C(O)C(C)C(O)C(C)C(O)C1C. The van der Waals surface area contributed by atoms with Gasteiger partial charge in [-0.3, -0.25) is 14.4 Å². The number of ether oxygens (including phenoxy) is 3. The molecule has 0 fully saturated rings. The number of methoxy groups -OCH3 is 1. The van der Waals surface area contributed by atoms with Gasteiger partial charge < -0.3 is 50.2 Å². The third-order valence-electron chi connectivity index (χ3n) is 9.89. The Bertz CT molecular complexity index is 1750. The Morgan fingerprint density at radius 1 is 0.878 bits per heavy atom. The number of aromatic hydroxyl groups is 3. The minimum atomic E-state index is -2.05. The van der Waals surface area contributed by atoms with Crippen molar-refractivity contribution in [2.45, 2.75) is 78.7 Å². The average molecular weight is 684 g/mol. The van der Waals surface area contributed by atoms with E-state index in [0.717, 1.165) is 6.26 Å². The number of nitrogens with one attached hydrogen (secondary N) is 1. The Morgan fingerprint density at radius 3 is 2.10 bits per heavy atom. The van der Waals surface area contributed by atoms with Crippen molar-refractivity contribution in [2.24, 2.45) is 23.7 Å². The molecule has 266 valence electrons. The fourth-order valence-corrected chi connectivity index (χ4v) is 6.47. The van der Waals surface area contributed by atoms with Crippen LogP contribution in [-0.2, 0) is 14.3 Å². The lowest BCUT2D eigenvalue weighted by atomic mass is 9.78. The number of ketones is 1. The number of aliphatic hydroxyl groups excluding tert-OH is 3. The van der Waals surface area contributed by atoms with Gasteiger partial charge in [0.05, 0.1) is 52.9 Å². The quantitative estimate of drug-likeness (QED) is 0.136. The number of amides is 1. The Kier molecular flexibility index (Phi) is 10.8. The Morgan fingerprint density at radius 2 is 1.49 bits per heavy atom. The van der Waals surface area contributed by atoms with Crippen molar-refractivity contribution >= 4 is 34.4 Å². The van der Waals surface area contributed by atoms with Gasteiger partial charge >= 0.3 is 5.79 Å². The van der Waals surface area contributed by atoms with Gasteiger partial charge in [-0.15, -0.1) is 0 Å². The molecule has 0 saturated carbocycles. The maximum absolute atomic E-state index is 13.9. The number of phenols is 3. The summed E-state index contributed by atoms with van der Waals surface area (Å²) in [5.74, 6) is -8.42. The van der Waals surface area contributed by atoms with Crippen LogP contribution in [0, 0.1) is 30.6 Å². The van der Waals surface area contributed by atoms with Gasteiger partial charge in [0.2, 0.25) is 0 Å². The van der Waals surface area contributed by atoms with Gasteiger partial charge in [-0.05, 0) is 19.9 Å². The molecule has 2 aromatic carbocycles. The molecule has 3 aliphatic heterocycles. The fourth-order valence-electron chi connectivity index (χ4n) is 6.47. The summed E-state index contributed by atoms with van der Waals surface area (Å²) in [5, 5.41) is 68.9. The number of phenolic OH excluding ortho intramolecular Hbond substituents is 3. The minimum absolute atomic E-state index is 0.00862. The van der Waals surface area contributed by atoms with E-state index in [9.17, 15) is 45.0 Å². The largest absolute Gasteiger partial charge is 0.507 e. The first-order valence-electron chi connectivity index (χ1n) is 16.0. The van der Waals surface area contributed by atoms with Gasteiger partial charge in [0.15, 0.2) is 12.0 Å². The lowest BCUT2D eigenvalue weighted by Gasteiger charge is -2.36. The summed E-state index contributed by atoms with van der Waals surface area (Å²) in [7, 11) is 1.41. The number of rotatable bonds is 2. The van der Waals surface area contributed by atoms with Crippen molar-refractivity contribution in [3.8, 4) is 23.0 Å². The molecular formula is C36H45NO12. The molecule has 5 rings (SSSR count). The molecule has 9 unspecified atom stereocenters. The first-order valence-corrected chi connectivity index (χ1v) is 16.0. The van der Waals surface area contributed by atoms with Crippen LogP contribution in [0.2, 0.25) is 0 Å². The van der Waals surface area contributed by atoms with E-state index < -0.39 is 99.5 Å². The van der Waals surface area contributed by atoms with Crippen molar-refractivity contribution in [2.75, 3.05) is 12.4 Å². The number of anilines is 1. The van der Waals surface area contributed by atoms with Crippen LogP contribution in [0.5, 0.6) is 23.0 Å². The number of fused-ring (bicyclic) bond motifs is 14. The number of aldehydes is 1. The highest BCUT2D eigenvalue weighted by atomic mass is 16.7. The third kappa shape index (κ3) is 6.51. The minimum Gasteiger partial charge on any atom is -0.507 e. The van der Waals surface area contributed by atoms with Crippen molar-refractivity contribution < 1.29 is 59.2 Å². The summed E-state index contributed by atoms with van der Waals surface area (Å²) < 4.78 is 17.3. The molecule has 13 nitrogen and oxygen atoms in total. The van der Waals surface area contributed by atoms with Crippen molar-refractivity contribution in [3.05, 3.63) is 52.8 Å². The number of hydrogen-bond donors (Lipinski definition) is 7. The van der Waals surface area contributed by atoms with Gasteiger partial charge in [-0.2, -0.15) is 0 Å². The summed E-state index contributed by atoms with van der Waals surface area (Å²) in [6.45, 7) is 10.9. The summed E-state index contributed by atoms with van der Waals surface area (Å²) in [6, 6.07) is 0. The summed E-state index contributed by atoms with van der Waals surface area (Å²) in [4.78, 5) is 39.4. The molecule has 0 aromatic heterocycles. The molecule has 0 spiro atoms. The lowest BCUT2D eigenvalue weighted by molar-refractivity contribution is -0.112. The highest BCUT2D eigenvalue weighted by Gasteiger charge is 2.49. The predicted octanol–water partition coefficient (Wildman–Crippen LogP) is 4.00. The molecule has 0 saturated heterocycles. The number of benzene rings is 2. The van der Waals surface area contributed by atoms with E-state index in [-0.39, 0.29) is 34.1 Å². The molecule has 49 heavy (non-hydrogen) atoms. The number of Topliss-reactive ketones (excluding diaryl/α,β-unsaturated/α-hetero) is 1. The van der Waals surface area contributed by atoms with Crippen LogP contribution in [0.4, 0.5) is 5.69 Å². The molecule has 3 heterocycles. The number of hydrogen-bond acceptors (Lipinski definition) is 12. The zero-order valence-electron chi connectivity index (χ0n) is 28.7. The van der Waals surface area contributed by atoms with Crippen LogP contribution in [0.3, 0.4) is 0 Å². The second-order valence-electron chi connectivity index (χ2n) is 13.2. The monoisotopic (exact) mass is 683 g/mol. The Hall–Kier alpha value is -4.43. The van der Waals surface area contributed by atoms with E-state index in [1.807, 2.05) is 0 Å². The second kappa shape index (κ2) is 14.2. The third-order valence-corrected chi connectivity index (χ3v) is 9.89. The smallest absolute Gasteiger partial charge is 0.312 e. The van der Waals surface area contributed by atoms with Gasteiger partial charge in [-0.1, -0.05) is 45.9 Å². The molecule has 3 aliphatic rings. The van der Waals surface area contributed by atoms with Crippen molar-refractivity contribution in [3.63, 3.8) is 0 Å². The first-order chi connectivity index (χ1) is 22.9. The zero-order valence-corrected chi connectivity index (χ0v) is 28.7.